The summed E-state index contributed by atoms with van der Waals surface area (Å²) in [5.41, 5.74) is 10.2. The molecule has 6 rings (SSSR count). The van der Waals surface area contributed by atoms with Gasteiger partial charge in [0.15, 0.2) is 0 Å². The van der Waals surface area contributed by atoms with Crippen molar-refractivity contribution in [1.82, 2.24) is 14.9 Å². The fourth-order valence-corrected chi connectivity index (χ4v) is 6.47. The largest absolute Gasteiger partial charge is 0.461 e. The van der Waals surface area contributed by atoms with Gasteiger partial charge in [0.1, 0.15) is 24.4 Å². The molecule has 3 atom stereocenters. The second-order valence-corrected chi connectivity index (χ2v) is 9.98. The summed E-state index contributed by atoms with van der Waals surface area (Å²) >= 11 is 0. The van der Waals surface area contributed by atoms with Gasteiger partial charge in [-0.3, -0.25) is 4.90 Å². The molecule has 1 aliphatic carbocycles. The summed E-state index contributed by atoms with van der Waals surface area (Å²) in [5, 5.41) is 9.83. The number of nitrogens with zero attached hydrogens (tertiary/aromatic N) is 4. The number of fused-ring (bicyclic) bond motifs is 4. The summed E-state index contributed by atoms with van der Waals surface area (Å²) in [6, 6.07) is 6.48. The number of nitriles is 1. The molecule has 1 aromatic carbocycles. The predicted octanol–water partition coefficient (Wildman–Crippen LogP) is 3.19. The Morgan fingerprint density at radius 3 is 3.09 bits per heavy atom. The highest BCUT2D eigenvalue weighted by Gasteiger charge is 2.49. The highest BCUT2D eigenvalue weighted by molar-refractivity contribution is 5.63. The molecule has 172 valence electrons. The molecular weight excluding hydrogens is 421 g/mol. The molecule has 4 heterocycles. The lowest BCUT2D eigenvalue weighted by Crippen LogP contribution is -2.43. The topological polar surface area (TPSA) is 97.3 Å². The first-order valence-electron chi connectivity index (χ1n) is 11.8. The van der Waals surface area contributed by atoms with E-state index in [-0.39, 0.29) is 5.54 Å². The molecule has 3 unspecified atom stereocenters. The minimum Gasteiger partial charge on any atom is -0.461 e. The molecule has 2 aromatic rings. The lowest BCUT2D eigenvalue weighted by molar-refractivity contribution is -0.0859. The normalized spacial score (nSPS) is 30.5. The fraction of sp³-hybridized carbons (Fsp3) is 0.560. The maximum absolute atomic E-state index is 14.1. The number of nitrogen functional groups attached to an aromatic ring is 1. The summed E-state index contributed by atoms with van der Waals surface area (Å²) in [4.78, 5) is 11.4. The number of rotatable bonds is 3. The van der Waals surface area contributed by atoms with Gasteiger partial charge in [-0.25, -0.2) is 9.37 Å². The van der Waals surface area contributed by atoms with Crippen LogP contribution in [0, 0.1) is 11.3 Å². The average Bonchev–Trinajstić information content (AvgIpc) is 3.33. The second-order valence-electron chi connectivity index (χ2n) is 9.98. The van der Waals surface area contributed by atoms with E-state index in [1.807, 2.05) is 12.1 Å². The van der Waals surface area contributed by atoms with E-state index < -0.39 is 11.8 Å². The molecule has 0 bridgehead atoms. The van der Waals surface area contributed by atoms with Crippen molar-refractivity contribution in [2.45, 2.75) is 68.9 Å². The molecule has 0 radical (unpaired) electrons. The van der Waals surface area contributed by atoms with Gasteiger partial charge in [0.05, 0.1) is 23.4 Å². The predicted molar refractivity (Wildman–Crippen MR) is 119 cm³/mol. The van der Waals surface area contributed by atoms with Crippen molar-refractivity contribution in [3.63, 3.8) is 0 Å². The second kappa shape index (κ2) is 7.64. The van der Waals surface area contributed by atoms with Crippen LogP contribution in [0.25, 0.3) is 0 Å². The zero-order valence-corrected chi connectivity index (χ0v) is 18.6. The number of hydrogen-bond acceptors (Lipinski definition) is 7. The van der Waals surface area contributed by atoms with Crippen LogP contribution in [-0.2, 0) is 29.8 Å². The van der Waals surface area contributed by atoms with Gasteiger partial charge in [-0.1, -0.05) is 6.07 Å². The van der Waals surface area contributed by atoms with E-state index in [1.165, 1.54) is 0 Å². The summed E-state index contributed by atoms with van der Waals surface area (Å²) in [5.74, 6) is 0. The minimum absolute atomic E-state index is 0.232. The zero-order chi connectivity index (χ0) is 22.6. The highest BCUT2D eigenvalue weighted by atomic mass is 19.1. The van der Waals surface area contributed by atoms with Gasteiger partial charge in [0.25, 0.3) is 0 Å². The number of halogens is 1. The third-order valence-electron chi connectivity index (χ3n) is 8.04. The smallest absolute Gasteiger partial charge is 0.316 e. The van der Waals surface area contributed by atoms with Gasteiger partial charge >= 0.3 is 6.01 Å². The van der Waals surface area contributed by atoms with Crippen LogP contribution in [0.2, 0.25) is 0 Å². The van der Waals surface area contributed by atoms with Gasteiger partial charge in [-0.15, -0.1) is 0 Å². The van der Waals surface area contributed by atoms with Crippen LogP contribution in [0.1, 0.15) is 60.1 Å². The van der Waals surface area contributed by atoms with Crippen LogP contribution >= 0.6 is 0 Å². The van der Waals surface area contributed by atoms with E-state index in [4.69, 9.17) is 20.2 Å². The van der Waals surface area contributed by atoms with E-state index in [1.54, 1.807) is 6.20 Å². The number of ether oxygens (including phenoxy) is 2. The molecule has 2 N–H and O–H groups in total. The SMILES string of the molecule is N#Cc1c(N)ccc2c1C1(CCC2)Cc2nc(OCC34CCCN3CC(F)C4)ncc2CO1. The van der Waals surface area contributed by atoms with E-state index >= 15 is 0 Å². The Kier molecular flexibility index (Phi) is 4.82. The summed E-state index contributed by atoms with van der Waals surface area (Å²) in [6.07, 6.45) is 6.78. The van der Waals surface area contributed by atoms with Crippen LogP contribution in [-0.4, -0.2) is 46.3 Å². The summed E-state index contributed by atoms with van der Waals surface area (Å²) < 4.78 is 26.6. The number of aromatic nitrogens is 2. The van der Waals surface area contributed by atoms with Crippen molar-refractivity contribution in [3.8, 4) is 12.1 Å². The van der Waals surface area contributed by atoms with Crippen molar-refractivity contribution in [1.29, 1.82) is 5.26 Å². The lowest BCUT2D eigenvalue weighted by Gasteiger charge is -2.42. The Labute approximate surface area is 192 Å². The number of anilines is 1. The highest BCUT2D eigenvalue weighted by Crippen LogP contribution is 2.47. The van der Waals surface area contributed by atoms with Crippen LogP contribution in [0.15, 0.2) is 18.3 Å². The van der Waals surface area contributed by atoms with Gasteiger partial charge in [0, 0.05) is 42.4 Å². The number of aryl methyl sites for hydroxylation is 1. The van der Waals surface area contributed by atoms with Gasteiger partial charge in [0.2, 0.25) is 0 Å². The molecule has 2 fully saturated rings. The van der Waals surface area contributed by atoms with Crippen molar-refractivity contribution in [3.05, 3.63) is 46.3 Å². The quantitative estimate of drug-likeness (QED) is 0.719. The maximum atomic E-state index is 14.1. The third kappa shape index (κ3) is 3.29. The molecule has 3 aliphatic heterocycles. The van der Waals surface area contributed by atoms with E-state index in [0.29, 0.717) is 49.9 Å². The number of hydrogen-bond donors (Lipinski definition) is 1. The Balaban J connectivity index is 1.28. The molecule has 7 nitrogen and oxygen atoms in total. The Bertz CT molecular complexity index is 1150. The standard InChI is InChI=1S/C25H28FN5O2/c26-18-9-24(6-2-8-31(24)13-18)15-32-23-29-12-17-14-33-25(10-21(17)30-23)7-1-3-16-4-5-20(28)19(11-27)22(16)25/h4-5,12,18H,1-3,6-10,13-15,28H2. The van der Waals surface area contributed by atoms with Crippen LogP contribution in [0.5, 0.6) is 6.01 Å². The van der Waals surface area contributed by atoms with Crippen molar-refractivity contribution >= 4 is 5.69 Å². The van der Waals surface area contributed by atoms with Gasteiger partial charge < -0.3 is 15.2 Å². The van der Waals surface area contributed by atoms with Gasteiger partial charge in [-0.2, -0.15) is 10.2 Å². The zero-order valence-electron chi connectivity index (χ0n) is 18.6. The molecule has 4 aliphatic rings. The summed E-state index contributed by atoms with van der Waals surface area (Å²) in [6.45, 7) is 2.22. The van der Waals surface area contributed by atoms with E-state index in [2.05, 4.69) is 16.0 Å². The van der Waals surface area contributed by atoms with Crippen molar-refractivity contribution in [2.24, 2.45) is 0 Å². The van der Waals surface area contributed by atoms with Crippen LogP contribution in [0.3, 0.4) is 0 Å². The van der Waals surface area contributed by atoms with Gasteiger partial charge in [-0.05, 0) is 50.3 Å². The first-order valence-corrected chi connectivity index (χ1v) is 11.8. The number of nitrogens with two attached hydrogens (primary N) is 1. The van der Waals surface area contributed by atoms with Crippen LogP contribution in [0.4, 0.5) is 10.1 Å². The summed E-state index contributed by atoms with van der Waals surface area (Å²) in [7, 11) is 0. The molecule has 33 heavy (non-hydrogen) atoms. The fourth-order valence-electron chi connectivity index (χ4n) is 6.47. The van der Waals surface area contributed by atoms with Crippen molar-refractivity contribution in [2.75, 3.05) is 25.4 Å². The molecule has 2 saturated heterocycles. The first-order chi connectivity index (χ1) is 16.0. The molecule has 1 spiro atoms. The first kappa shape index (κ1) is 20.8. The molecule has 1 aromatic heterocycles. The molecule has 0 saturated carbocycles. The average molecular weight is 450 g/mol. The Morgan fingerprint density at radius 2 is 2.21 bits per heavy atom. The molecule has 0 amide bonds. The lowest BCUT2D eigenvalue weighted by atomic mass is 9.73. The number of alkyl halides is 1. The Morgan fingerprint density at radius 1 is 1.30 bits per heavy atom. The number of benzene rings is 1. The van der Waals surface area contributed by atoms with Crippen LogP contribution < -0.4 is 10.5 Å². The maximum Gasteiger partial charge on any atom is 0.316 e. The van der Waals surface area contributed by atoms with E-state index in [9.17, 15) is 9.65 Å². The molecular formula is C25H28FN5O2. The minimum atomic E-state index is -0.788. The van der Waals surface area contributed by atoms with E-state index in [0.717, 1.165) is 61.0 Å². The third-order valence-corrected chi connectivity index (χ3v) is 8.04. The van der Waals surface area contributed by atoms with Crippen molar-refractivity contribution < 1.29 is 13.9 Å². The monoisotopic (exact) mass is 449 g/mol. The Hall–Kier alpha value is -2.76. The molecule has 8 heteroatoms.